The van der Waals surface area contributed by atoms with Gasteiger partial charge in [0.1, 0.15) is 5.82 Å². The summed E-state index contributed by atoms with van der Waals surface area (Å²) in [5.74, 6) is 1.41. The summed E-state index contributed by atoms with van der Waals surface area (Å²) in [4.78, 5) is 18.4. The summed E-state index contributed by atoms with van der Waals surface area (Å²) in [6.45, 7) is 8.42. The maximum atomic E-state index is 12.2. The Morgan fingerprint density at radius 3 is 2.50 bits per heavy atom. The van der Waals surface area contributed by atoms with Crippen LogP contribution in [0.25, 0.3) is 0 Å². The van der Waals surface area contributed by atoms with Gasteiger partial charge in [0.15, 0.2) is 0 Å². The Kier molecular flexibility index (Phi) is 3.18. The van der Waals surface area contributed by atoms with Gasteiger partial charge in [0.25, 0.3) is 0 Å². The molecular formula is C15H22N2O. The molecule has 0 unspecified atom stereocenters. The molecule has 0 bridgehead atoms. The molecule has 1 aromatic rings. The quantitative estimate of drug-likeness (QED) is 0.820. The molecule has 1 aromatic heterocycles. The smallest absolute Gasteiger partial charge is 0.233 e. The second-order valence-corrected chi connectivity index (χ2v) is 5.98. The van der Waals surface area contributed by atoms with E-state index in [2.05, 4.69) is 25.8 Å². The molecule has 0 saturated heterocycles. The molecule has 0 atom stereocenters. The highest BCUT2D eigenvalue weighted by molar-refractivity contribution is 5.97. The van der Waals surface area contributed by atoms with Crippen molar-refractivity contribution >= 4 is 11.7 Å². The number of carbonyl (C=O) groups excluding carboxylic acids is 1. The third-order valence-electron chi connectivity index (χ3n) is 3.92. The van der Waals surface area contributed by atoms with Gasteiger partial charge in [0.2, 0.25) is 5.91 Å². The van der Waals surface area contributed by atoms with E-state index >= 15 is 0 Å². The Balaban J connectivity index is 2.24. The number of aromatic nitrogens is 1. The lowest BCUT2D eigenvalue weighted by atomic mass is 10.0. The molecule has 18 heavy (non-hydrogen) atoms. The van der Waals surface area contributed by atoms with Crippen LogP contribution in [0.3, 0.4) is 0 Å². The van der Waals surface area contributed by atoms with Crippen LogP contribution >= 0.6 is 0 Å². The molecule has 0 spiro atoms. The van der Waals surface area contributed by atoms with Crippen molar-refractivity contribution in [2.24, 2.45) is 5.41 Å². The van der Waals surface area contributed by atoms with Crippen molar-refractivity contribution in [1.29, 1.82) is 0 Å². The molecule has 0 N–H and O–H groups in total. The number of carbonyl (C=O) groups is 1. The normalized spacial score (nSPS) is 16.8. The molecule has 0 radical (unpaired) electrons. The molecule has 3 nitrogen and oxygen atoms in total. The predicted octanol–water partition coefficient (Wildman–Crippen LogP) is 3.28. The number of pyridine rings is 1. The third kappa shape index (κ3) is 2.26. The van der Waals surface area contributed by atoms with Crippen LogP contribution in [0.15, 0.2) is 12.3 Å². The highest BCUT2D eigenvalue weighted by Gasteiger charge is 2.46. The average Bonchev–Trinajstić information content (AvgIpc) is 3.06. The van der Waals surface area contributed by atoms with E-state index in [0.29, 0.717) is 5.92 Å². The van der Waals surface area contributed by atoms with E-state index in [1.165, 1.54) is 11.1 Å². The van der Waals surface area contributed by atoms with Crippen LogP contribution < -0.4 is 4.90 Å². The lowest BCUT2D eigenvalue weighted by Crippen LogP contribution is -2.33. The van der Waals surface area contributed by atoms with Crippen LogP contribution in [0, 0.1) is 12.3 Å². The van der Waals surface area contributed by atoms with Crippen molar-refractivity contribution in [3.63, 3.8) is 0 Å². The predicted molar refractivity (Wildman–Crippen MR) is 73.8 cm³/mol. The lowest BCUT2D eigenvalue weighted by molar-refractivity contribution is -0.122. The van der Waals surface area contributed by atoms with Crippen LogP contribution in [0.5, 0.6) is 0 Å². The second kappa shape index (κ2) is 4.38. The Hall–Kier alpha value is -1.38. The summed E-state index contributed by atoms with van der Waals surface area (Å²) < 4.78 is 0. The van der Waals surface area contributed by atoms with Gasteiger partial charge in [-0.3, -0.25) is 9.69 Å². The van der Waals surface area contributed by atoms with Crippen LogP contribution in [0.2, 0.25) is 0 Å². The third-order valence-corrected chi connectivity index (χ3v) is 3.92. The molecule has 1 heterocycles. The van der Waals surface area contributed by atoms with Crippen molar-refractivity contribution in [2.45, 2.75) is 46.5 Å². The van der Waals surface area contributed by atoms with Crippen molar-refractivity contribution in [1.82, 2.24) is 4.98 Å². The lowest BCUT2D eigenvalue weighted by Gasteiger charge is -2.21. The summed E-state index contributed by atoms with van der Waals surface area (Å²) in [5.41, 5.74) is 2.31. The van der Waals surface area contributed by atoms with Gasteiger partial charge in [0.05, 0.1) is 0 Å². The molecule has 1 saturated carbocycles. The van der Waals surface area contributed by atoms with Gasteiger partial charge in [-0.25, -0.2) is 4.98 Å². The van der Waals surface area contributed by atoms with Crippen molar-refractivity contribution < 1.29 is 4.79 Å². The number of hydrogen-bond donors (Lipinski definition) is 0. The van der Waals surface area contributed by atoms with E-state index in [0.717, 1.165) is 18.7 Å². The molecule has 2 rings (SSSR count). The largest absolute Gasteiger partial charge is 0.299 e. The summed E-state index contributed by atoms with van der Waals surface area (Å²) in [6, 6.07) is 2.01. The minimum Gasteiger partial charge on any atom is -0.299 e. The highest BCUT2D eigenvalue weighted by Crippen LogP contribution is 2.46. The van der Waals surface area contributed by atoms with Crippen molar-refractivity contribution in [3.8, 4) is 0 Å². The summed E-state index contributed by atoms with van der Waals surface area (Å²) in [7, 11) is 1.82. The second-order valence-electron chi connectivity index (χ2n) is 5.98. The molecule has 1 aliphatic carbocycles. The number of hydrogen-bond acceptors (Lipinski definition) is 2. The highest BCUT2D eigenvalue weighted by atomic mass is 16.2. The van der Waals surface area contributed by atoms with Gasteiger partial charge in [-0.15, -0.1) is 0 Å². The number of rotatable bonds is 3. The van der Waals surface area contributed by atoms with Crippen molar-refractivity contribution in [2.75, 3.05) is 11.9 Å². The average molecular weight is 246 g/mol. The van der Waals surface area contributed by atoms with Crippen LogP contribution in [-0.2, 0) is 4.79 Å². The molecule has 1 aliphatic rings. The number of nitrogens with zero attached hydrogens (tertiary/aromatic N) is 2. The van der Waals surface area contributed by atoms with E-state index in [-0.39, 0.29) is 11.3 Å². The monoisotopic (exact) mass is 246 g/mol. The van der Waals surface area contributed by atoms with Gasteiger partial charge < -0.3 is 0 Å². The first-order chi connectivity index (χ1) is 8.35. The number of anilines is 1. The van der Waals surface area contributed by atoms with Crippen LogP contribution in [0.1, 0.15) is 50.7 Å². The van der Waals surface area contributed by atoms with Crippen LogP contribution in [-0.4, -0.2) is 17.9 Å². The first kappa shape index (κ1) is 13.1. The van der Waals surface area contributed by atoms with Gasteiger partial charge in [-0.05, 0) is 42.9 Å². The maximum Gasteiger partial charge on any atom is 0.233 e. The van der Waals surface area contributed by atoms with Gasteiger partial charge in [-0.2, -0.15) is 0 Å². The molecule has 1 amide bonds. The fraction of sp³-hybridized carbons (Fsp3) is 0.600. The number of aryl methyl sites for hydroxylation is 1. The SMILES string of the molecule is Cc1cc(N(C)C(=O)C2(C)CC2)ncc1C(C)C. The Morgan fingerprint density at radius 2 is 2.06 bits per heavy atom. The Labute approximate surface area is 109 Å². The fourth-order valence-electron chi connectivity index (χ4n) is 2.25. The first-order valence-electron chi connectivity index (χ1n) is 6.60. The Morgan fingerprint density at radius 1 is 1.44 bits per heavy atom. The molecule has 0 aromatic carbocycles. The summed E-state index contributed by atoms with van der Waals surface area (Å²) in [5, 5.41) is 0. The van der Waals surface area contributed by atoms with Crippen molar-refractivity contribution in [3.05, 3.63) is 23.4 Å². The first-order valence-corrected chi connectivity index (χ1v) is 6.60. The van der Waals surface area contributed by atoms with Gasteiger partial charge >= 0.3 is 0 Å². The van der Waals surface area contributed by atoms with E-state index in [4.69, 9.17) is 0 Å². The maximum absolute atomic E-state index is 12.2. The molecule has 98 valence electrons. The van der Waals surface area contributed by atoms with E-state index in [1.807, 2.05) is 26.2 Å². The molecule has 0 aliphatic heterocycles. The Bertz CT molecular complexity index is 475. The fourth-order valence-corrected chi connectivity index (χ4v) is 2.25. The molecular weight excluding hydrogens is 224 g/mol. The molecule has 3 heteroatoms. The minimum absolute atomic E-state index is 0.138. The van der Waals surface area contributed by atoms with E-state index < -0.39 is 0 Å². The number of amides is 1. The summed E-state index contributed by atoms with van der Waals surface area (Å²) >= 11 is 0. The standard InChI is InChI=1S/C15H22N2O/c1-10(2)12-9-16-13(8-11(12)3)17(5)14(18)15(4)6-7-15/h8-10H,6-7H2,1-5H3. The summed E-state index contributed by atoms with van der Waals surface area (Å²) in [6.07, 6.45) is 3.90. The van der Waals surface area contributed by atoms with E-state index in [9.17, 15) is 4.79 Å². The van der Waals surface area contributed by atoms with Gasteiger partial charge in [-0.1, -0.05) is 20.8 Å². The zero-order chi connectivity index (χ0) is 13.5. The zero-order valence-electron chi connectivity index (χ0n) is 11.9. The molecule has 1 fully saturated rings. The van der Waals surface area contributed by atoms with E-state index in [1.54, 1.807) is 4.90 Å². The minimum atomic E-state index is -0.138. The van der Waals surface area contributed by atoms with Crippen LogP contribution in [0.4, 0.5) is 5.82 Å². The topological polar surface area (TPSA) is 33.2 Å². The zero-order valence-corrected chi connectivity index (χ0v) is 11.9. The van der Waals surface area contributed by atoms with Gasteiger partial charge in [0, 0.05) is 18.7 Å².